The maximum absolute atomic E-state index is 11.9. The lowest BCUT2D eigenvalue weighted by Gasteiger charge is -2.09. The number of alkyl halides is 1. The van der Waals surface area contributed by atoms with Gasteiger partial charge < -0.3 is 5.32 Å². The first-order valence-electron chi connectivity index (χ1n) is 5.54. The number of carbonyl (C=O) groups excluding carboxylic acids is 1. The maximum atomic E-state index is 11.9. The molecule has 0 aliphatic carbocycles. The Labute approximate surface area is 115 Å². The van der Waals surface area contributed by atoms with Gasteiger partial charge in [0.15, 0.2) is 0 Å². The van der Waals surface area contributed by atoms with E-state index in [0.29, 0.717) is 6.54 Å². The molecule has 0 aliphatic heterocycles. The van der Waals surface area contributed by atoms with Crippen LogP contribution in [0.1, 0.15) is 21.6 Å². The molecule has 1 heterocycles. The number of carbonyl (C=O) groups is 1. The summed E-state index contributed by atoms with van der Waals surface area (Å²) >= 11 is 7.66. The van der Waals surface area contributed by atoms with Crippen molar-refractivity contribution < 1.29 is 4.79 Å². The molecule has 0 radical (unpaired) electrons. The topological polar surface area (TPSA) is 42.0 Å². The Morgan fingerprint density at radius 3 is 2.78 bits per heavy atom. The Hall–Kier alpha value is -1.39. The Bertz CT molecular complexity index is 527. The summed E-state index contributed by atoms with van der Waals surface area (Å²) in [5.41, 5.74) is 1.66. The molecule has 5 heteroatoms. The summed E-state index contributed by atoms with van der Waals surface area (Å²) < 4.78 is 0. The molecular weight excluding hydrogens is 268 g/mol. The summed E-state index contributed by atoms with van der Waals surface area (Å²) in [5, 5.41) is 5.05. The molecule has 1 N–H and O–H groups in total. The van der Waals surface area contributed by atoms with E-state index >= 15 is 0 Å². The highest BCUT2D eigenvalue weighted by Gasteiger charge is 2.16. The van der Waals surface area contributed by atoms with Gasteiger partial charge in [-0.15, -0.1) is 22.9 Å². The van der Waals surface area contributed by atoms with Crippen LogP contribution in [0.2, 0.25) is 0 Å². The molecule has 2 aromatic rings. The molecule has 18 heavy (non-hydrogen) atoms. The Kier molecular flexibility index (Phi) is 4.33. The highest BCUT2D eigenvalue weighted by molar-refractivity contribution is 7.09. The van der Waals surface area contributed by atoms with Gasteiger partial charge in [-0.05, 0) is 12.5 Å². The van der Waals surface area contributed by atoms with Crippen molar-refractivity contribution in [2.45, 2.75) is 18.8 Å². The molecule has 1 amide bonds. The van der Waals surface area contributed by atoms with Crippen LogP contribution in [0.4, 0.5) is 0 Å². The van der Waals surface area contributed by atoms with Crippen molar-refractivity contribution in [2.75, 3.05) is 0 Å². The predicted molar refractivity (Wildman–Crippen MR) is 73.7 cm³/mol. The van der Waals surface area contributed by atoms with Gasteiger partial charge in [-0.2, -0.15) is 0 Å². The number of amides is 1. The zero-order valence-corrected chi connectivity index (χ0v) is 11.5. The second-order valence-corrected chi connectivity index (χ2v) is 5.35. The third kappa shape index (κ3) is 3.31. The van der Waals surface area contributed by atoms with E-state index in [-0.39, 0.29) is 5.91 Å². The zero-order valence-electron chi connectivity index (χ0n) is 9.89. The van der Waals surface area contributed by atoms with E-state index in [4.69, 9.17) is 11.6 Å². The molecule has 3 nitrogen and oxygen atoms in total. The average Bonchev–Trinajstić information content (AvgIpc) is 2.82. The van der Waals surface area contributed by atoms with E-state index < -0.39 is 5.38 Å². The van der Waals surface area contributed by atoms with E-state index in [1.165, 1.54) is 0 Å². The minimum absolute atomic E-state index is 0.200. The van der Waals surface area contributed by atoms with Crippen LogP contribution in [0.3, 0.4) is 0 Å². The van der Waals surface area contributed by atoms with Crippen LogP contribution in [-0.4, -0.2) is 10.9 Å². The second-order valence-electron chi connectivity index (χ2n) is 3.85. The van der Waals surface area contributed by atoms with E-state index in [2.05, 4.69) is 10.3 Å². The first kappa shape index (κ1) is 13.1. The van der Waals surface area contributed by atoms with E-state index in [0.717, 1.165) is 16.3 Å². The third-order valence-electron chi connectivity index (χ3n) is 2.43. The fourth-order valence-corrected chi connectivity index (χ4v) is 2.37. The molecule has 0 bridgehead atoms. The van der Waals surface area contributed by atoms with Crippen molar-refractivity contribution in [3.8, 4) is 0 Å². The summed E-state index contributed by atoms with van der Waals surface area (Å²) in [4.78, 5) is 16.1. The number of hydrogen-bond donors (Lipinski definition) is 1. The Morgan fingerprint density at radius 1 is 1.44 bits per heavy atom. The SMILES string of the molecule is Cc1nc(CNC(=O)C(Cl)c2ccccc2)cs1. The number of halogens is 1. The van der Waals surface area contributed by atoms with Crippen molar-refractivity contribution in [3.63, 3.8) is 0 Å². The number of aromatic nitrogens is 1. The predicted octanol–water partition coefficient (Wildman–Crippen LogP) is 3.05. The summed E-state index contributed by atoms with van der Waals surface area (Å²) in [7, 11) is 0. The largest absolute Gasteiger partial charge is 0.349 e. The molecular formula is C13H13ClN2OS. The molecule has 1 unspecified atom stereocenters. The lowest BCUT2D eigenvalue weighted by molar-refractivity contribution is -0.121. The summed E-state index contributed by atoms with van der Waals surface area (Å²) in [5.74, 6) is -0.200. The van der Waals surface area contributed by atoms with Gasteiger partial charge in [0.2, 0.25) is 5.91 Å². The number of nitrogens with one attached hydrogen (secondary N) is 1. The second kappa shape index (κ2) is 5.98. The molecule has 0 fully saturated rings. The Balaban J connectivity index is 1.92. The van der Waals surface area contributed by atoms with Crippen LogP contribution in [0.5, 0.6) is 0 Å². The fourth-order valence-electron chi connectivity index (χ4n) is 1.53. The zero-order chi connectivity index (χ0) is 13.0. The molecule has 0 saturated carbocycles. The number of thiazole rings is 1. The summed E-state index contributed by atoms with van der Waals surface area (Å²) in [6, 6.07) is 9.29. The smallest absolute Gasteiger partial charge is 0.242 e. The molecule has 1 aromatic carbocycles. The van der Waals surface area contributed by atoms with Crippen molar-refractivity contribution in [1.82, 2.24) is 10.3 Å². The summed E-state index contributed by atoms with van der Waals surface area (Å²) in [6.45, 7) is 2.35. The highest BCUT2D eigenvalue weighted by Crippen LogP contribution is 2.20. The van der Waals surface area contributed by atoms with Gasteiger partial charge in [0, 0.05) is 5.38 Å². The van der Waals surface area contributed by atoms with E-state index in [9.17, 15) is 4.79 Å². The lowest BCUT2D eigenvalue weighted by Crippen LogP contribution is -2.26. The number of aryl methyl sites for hydroxylation is 1. The van der Waals surface area contributed by atoms with Crippen LogP contribution in [0.15, 0.2) is 35.7 Å². The van der Waals surface area contributed by atoms with Gasteiger partial charge >= 0.3 is 0 Å². The van der Waals surface area contributed by atoms with Crippen molar-refractivity contribution in [3.05, 3.63) is 52.0 Å². The standard InChI is InChI=1S/C13H13ClN2OS/c1-9-16-11(8-18-9)7-15-13(17)12(14)10-5-3-2-4-6-10/h2-6,8,12H,7H2,1H3,(H,15,17). The Morgan fingerprint density at radius 2 is 2.17 bits per heavy atom. The quantitative estimate of drug-likeness (QED) is 0.875. The number of hydrogen-bond acceptors (Lipinski definition) is 3. The minimum atomic E-state index is -0.661. The van der Waals surface area contributed by atoms with Gasteiger partial charge in [0.05, 0.1) is 17.2 Å². The first-order valence-corrected chi connectivity index (χ1v) is 6.86. The van der Waals surface area contributed by atoms with Crippen molar-refractivity contribution in [1.29, 1.82) is 0 Å². The summed E-state index contributed by atoms with van der Waals surface area (Å²) in [6.07, 6.45) is 0. The number of rotatable bonds is 4. The van der Waals surface area contributed by atoms with E-state index in [1.54, 1.807) is 11.3 Å². The van der Waals surface area contributed by atoms with Crippen LogP contribution in [0, 0.1) is 6.92 Å². The molecule has 2 rings (SSSR count). The van der Waals surface area contributed by atoms with Crippen LogP contribution in [-0.2, 0) is 11.3 Å². The molecule has 0 aliphatic rings. The lowest BCUT2D eigenvalue weighted by atomic mass is 10.1. The van der Waals surface area contributed by atoms with Gasteiger partial charge in [-0.3, -0.25) is 4.79 Å². The number of benzene rings is 1. The normalized spacial score (nSPS) is 12.1. The van der Waals surface area contributed by atoms with Gasteiger partial charge in [-0.1, -0.05) is 30.3 Å². The molecule has 1 atom stereocenters. The van der Waals surface area contributed by atoms with Crippen LogP contribution >= 0.6 is 22.9 Å². The highest BCUT2D eigenvalue weighted by atomic mass is 35.5. The average molecular weight is 281 g/mol. The third-order valence-corrected chi connectivity index (χ3v) is 3.71. The van der Waals surface area contributed by atoms with E-state index in [1.807, 2.05) is 42.6 Å². The monoisotopic (exact) mass is 280 g/mol. The van der Waals surface area contributed by atoms with Crippen molar-refractivity contribution >= 4 is 28.8 Å². The molecule has 0 saturated heterocycles. The van der Waals surface area contributed by atoms with Crippen molar-refractivity contribution in [2.24, 2.45) is 0 Å². The van der Waals surface area contributed by atoms with Crippen LogP contribution in [0.25, 0.3) is 0 Å². The molecule has 0 spiro atoms. The van der Waals surface area contributed by atoms with Gasteiger partial charge in [0.1, 0.15) is 5.38 Å². The minimum Gasteiger partial charge on any atom is -0.349 e. The molecule has 1 aromatic heterocycles. The maximum Gasteiger partial charge on any atom is 0.242 e. The van der Waals surface area contributed by atoms with Crippen LogP contribution < -0.4 is 5.32 Å². The molecule has 94 valence electrons. The first-order chi connectivity index (χ1) is 8.66. The number of nitrogens with zero attached hydrogens (tertiary/aromatic N) is 1. The van der Waals surface area contributed by atoms with Gasteiger partial charge in [-0.25, -0.2) is 4.98 Å². The fraction of sp³-hybridized carbons (Fsp3) is 0.231. The van der Waals surface area contributed by atoms with Gasteiger partial charge in [0.25, 0.3) is 0 Å².